The minimum absolute atomic E-state index is 0.161. The van der Waals surface area contributed by atoms with Gasteiger partial charge in [0, 0.05) is 22.9 Å². The molecule has 36 heavy (non-hydrogen) atoms. The van der Waals surface area contributed by atoms with E-state index in [1.54, 1.807) is 20.0 Å². The number of rotatable bonds is 13. The maximum absolute atomic E-state index is 12.8. The van der Waals surface area contributed by atoms with Gasteiger partial charge in [-0.2, -0.15) is 12.6 Å². The Balaban J connectivity index is 2.07. The highest BCUT2D eigenvalue weighted by molar-refractivity contribution is 7.80. The Labute approximate surface area is 213 Å². The number of primary amides is 1. The number of amides is 4. The molecule has 4 atom stereocenters. The molecule has 9 N–H and O–H groups in total. The molecule has 196 valence electrons. The molecule has 2 rings (SSSR count). The number of para-hydroxylation sites is 1. The maximum Gasteiger partial charge on any atom is 0.326 e. The third-order valence-corrected chi connectivity index (χ3v) is 5.90. The molecule has 0 radical (unpaired) electrons. The third-order valence-electron chi connectivity index (χ3n) is 5.54. The molecule has 0 aliphatic heterocycles. The molecule has 4 amide bonds. The van der Waals surface area contributed by atoms with E-state index in [4.69, 9.17) is 11.5 Å². The van der Waals surface area contributed by atoms with Crippen LogP contribution >= 0.6 is 12.6 Å². The van der Waals surface area contributed by atoms with Crippen LogP contribution in [0.15, 0.2) is 30.5 Å². The molecule has 0 spiro atoms. The van der Waals surface area contributed by atoms with E-state index in [2.05, 4.69) is 33.6 Å². The molecule has 13 heteroatoms. The van der Waals surface area contributed by atoms with Crippen molar-refractivity contribution in [2.24, 2.45) is 17.4 Å². The fourth-order valence-corrected chi connectivity index (χ4v) is 3.81. The number of aromatic amines is 1. The fourth-order valence-electron chi connectivity index (χ4n) is 3.55. The lowest BCUT2D eigenvalue weighted by molar-refractivity contribution is -0.143. The number of thiol groups is 1. The summed E-state index contributed by atoms with van der Waals surface area (Å²) >= 11 is 4.05. The van der Waals surface area contributed by atoms with Gasteiger partial charge in [-0.15, -0.1) is 0 Å². The number of aliphatic carboxylic acids is 1. The molecule has 2 aromatic rings. The summed E-state index contributed by atoms with van der Waals surface area (Å²) in [5.74, 6) is -5.02. The van der Waals surface area contributed by atoms with E-state index in [-0.39, 0.29) is 12.2 Å². The van der Waals surface area contributed by atoms with E-state index in [1.807, 2.05) is 24.3 Å². The Kier molecular flexibility index (Phi) is 10.3. The molecule has 0 aliphatic carbocycles. The van der Waals surface area contributed by atoms with Crippen LogP contribution in [0.25, 0.3) is 10.9 Å². The predicted octanol–water partition coefficient (Wildman–Crippen LogP) is -0.962. The summed E-state index contributed by atoms with van der Waals surface area (Å²) in [7, 11) is 0. The molecule has 1 heterocycles. The Morgan fingerprint density at radius 1 is 1.00 bits per heavy atom. The van der Waals surface area contributed by atoms with E-state index >= 15 is 0 Å². The van der Waals surface area contributed by atoms with Crippen LogP contribution in [0, 0.1) is 5.92 Å². The van der Waals surface area contributed by atoms with E-state index < -0.39 is 66.1 Å². The Morgan fingerprint density at radius 3 is 2.19 bits per heavy atom. The van der Waals surface area contributed by atoms with Gasteiger partial charge in [-0.1, -0.05) is 32.0 Å². The van der Waals surface area contributed by atoms with Gasteiger partial charge >= 0.3 is 5.97 Å². The molecular formula is C23H32N6O6S. The van der Waals surface area contributed by atoms with Crippen LogP contribution in [0.4, 0.5) is 0 Å². The highest BCUT2D eigenvalue weighted by Gasteiger charge is 2.31. The molecule has 1 aromatic carbocycles. The number of carboxylic acid groups (broad SMARTS) is 1. The summed E-state index contributed by atoms with van der Waals surface area (Å²) in [4.78, 5) is 64.2. The van der Waals surface area contributed by atoms with Crippen LogP contribution in [0.5, 0.6) is 0 Å². The fraction of sp³-hybridized carbons (Fsp3) is 0.435. The quantitative estimate of drug-likeness (QED) is 0.155. The van der Waals surface area contributed by atoms with Crippen LogP contribution in [-0.2, 0) is 30.4 Å². The standard InChI is InChI=1S/C23H32N6O6S/c1-11(2)19(23(34)35)29-22(33)17(10-36)28-21(32)16(8-18(25)30)27-20(31)14(24)7-12-9-26-15-6-4-3-5-13(12)15/h3-6,9,11,14,16-17,19,26,36H,7-8,10,24H2,1-2H3,(H2,25,30)(H,27,31)(H,28,32)(H,29,33)(H,34,35). The van der Waals surface area contributed by atoms with Gasteiger partial charge in [0.2, 0.25) is 23.6 Å². The second-order valence-corrected chi connectivity index (χ2v) is 9.08. The first-order chi connectivity index (χ1) is 16.9. The van der Waals surface area contributed by atoms with Crippen LogP contribution in [0.2, 0.25) is 0 Å². The van der Waals surface area contributed by atoms with Crippen molar-refractivity contribution in [2.75, 3.05) is 5.75 Å². The number of carbonyl (C=O) groups excluding carboxylic acids is 4. The van der Waals surface area contributed by atoms with Crippen molar-refractivity contribution in [3.8, 4) is 0 Å². The van der Waals surface area contributed by atoms with Gasteiger partial charge in [0.15, 0.2) is 0 Å². The second-order valence-electron chi connectivity index (χ2n) is 8.71. The highest BCUT2D eigenvalue weighted by atomic mass is 32.1. The normalized spacial score (nSPS) is 14.5. The van der Waals surface area contributed by atoms with Gasteiger partial charge in [0.1, 0.15) is 18.1 Å². The number of carboxylic acids is 1. The van der Waals surface area contributed by atoms with Crippen molar-refractivity contribution in [3.05, 3.63) is 36.0 Å². The van der Waals surface area contributed by atoms with Crippen molar-refractivity contribution in [3.63, 3.8) is 0 Å². The molecule has 1 aromatic heterocycles. The highest BCUT2D eigenvalue weighted by Crippen LogP contribution is 2.18. The van der Waals surface area contributed by atoms with Crippen LogP contribution < -0.4 is 27.4 Å². The van der Waals surface area contributed by atoms with E-state index in [0.717, 1.165) is 16.5 Å². The minimum atomic E-state index is -1.40. The zero-order valence-electron chi connectivity index (χ0n) is 20.0. The van der Waals surface area contributed by atoms with Crippen molar-refractivity contribution in [2.45, 2.75) is 50.9 Å². The largest absolute Gasteiger partial charge is 0.480 e. The van der Waals surface area contributed by atoms with Crippen molar-refractivity contribution < 1.29 is 29.1 Å². The number of H-pyrrole nitrogens is 1. The van der Waals surface area contributed by atoms with Crippen LogP contribution in [0.1, 0.15) is 25.8 Å². The monoisotopic (exact) mass is 520 g/mol. The van der Waals surface area contributed by atoms with Gasteiger partial charge in [-0.25, -0.2) is 4.79 Å². The first-order valence-corrected chi connectivity index (χ1v) is 11.9. The number of aromatic nitrogens is 1. The van der Waals surface area contributed by atoms with Gasteiger partial charge < -0.3 is 37.5 Å². The summed E-state index contributed by atoms with van der Waals surface area (Å²) in [5, 5.41) is 17.3. The van der Waals surface area contributed by atoms with E-state index in [1.165, 1.54) is 0 Å². The average molecular weight is 521 g/mol. The Morgan fingerprint density at radius 2 is 1.61 bits per heavy atom. The molecule has 0 fully saturated rings. The minimum Gasteiger partial charge on any atom is -0.480 e. The molecular weight excluding hydrogens is 488 g/mol. The smallest absolute Gasteiger partial charge is 0.326 e. The first kappa shape index (κ1) is 28.7. The average Bonchev–Trinajstić information content (AvgIpc) is 3.22. The lowest BCUT2D eigenvalue weighted by atomic mass is 10.0. The second kappa shape index (κ2) is 12.9. The topological polar surface area (TPSA) is 209 Å². The number of hydrogen-bond donors (Lipinski definition) is 8. The number of fused-ring (bicyclic) bond motifs is 1. The predicted molar refractivity (Wildman–Crippen MR) is 136 cm³/mol. The van der Waals surface area contributed by atoms with Crippen LogP contribution in [-0.4, -0.2) is 69.6 Å². The zero-order valence-corrected chi connectivity index (χ0v) is 20.9. The number of benzene rings is 1. The van der Waals surface area contributed by atoms with Crippen molar-refractivity contribution in [1.82, 2.24) is 20.9 Å². The van der Waals surface area contributed by atoms with Gasteiger partial charge in [0.25, 0.3) is 0 Å². The molecule has 0 bridgehead atoms. The van der Waals surface area contributed by atoms with E-state index in [9.17, 15) is 29.1 Å². The maximum atomic E-state index is 12.8. The number of carbonyl (C=O) groups is 5. The molecule has 0 saturated heterocycles. The third kappa shape index (κ3) is 7.71. The molecule has 4 unspecified atom stereocenters. The number of nitrogens with two attached hydrogens (primary N) is 2. The van der Waals surface area contributed by atoms with Crippen LogP contribution in [0.3, 0.4) is 0 Å². The Bertz CT molecular complexity index is 1120. The van der Waals surface area contributed by atoms with Gasteiger partial charge in [-0.05, 0) is 24.0 Å². The Hall–Kier alpha value is -3.58. The zero-order chi connectivity index (χ0) is 27.0. The summed E-state index contributed by atoms with van der Waals surface area (Å²) in [6, 6.07) is 2.63. The molecule has 0 aliphatic rings. The molecule has 12 nitrogen and oxygen atoms in total. The molecule has 0 saturated carbocycles. The van der Waals surface area contributed by atoms with Crippen molar-refractivity contribution >= 4 is 53.1 Å². The SMILES string of the molecule is CC(C)C(NC(=O)C(CS)NC(=O)C(CC(N)=O)NC(=O)C(N)Cc1c[nH]c2ccccc12)C(=O)O. The summed E-state index contributed by atoms with van der Waals surface area (Å²) in [6.07, 6.45) is 1.36. The number of nitrogens with one attached hydrogen (secondary N) is 4. The summed E-state index contributed by atoms with van der Waals surface area (Å²) in [5.41, 5.74) is 13.0. The van der Waals surface area contributed by atoms with Crippen molar-refractivity contribution in [1.29, 1.82) is 0 Å². The number of hydrogen-bond acceptors (Lipinski definition) is 7. The van der Waals surface area contributed by atoms with Gasteiger partial charge in [0.05, 0.1) is 12.5 Å². The van der Waals surface area contributed by atoms with E-state index in [0.29, 0.717) is 0 Å². The summed E-state index contributed by atoms with van der Waals surface area (Å²) in [6.45, 7) is 3.23. The lowest BCUT2D eigenvalue weighted by Crippen LogP contribution is -2.58. The first-order valence-electron chi connectivity index (χ1n) is 11.3. The van der Waals surface area contributed by atoms with Gasteiger partial charge in [-0.3, -0.25) is 19.2 Å². The lowest BCUT2D eigenvalue weighted by Gasteiger charge is -2.25. The summed E-state index contributed by atoms with van der Waals surface area (Å²) < 4.78 is 0.